The van der Waals surface area contributed by atoms with E-state index in [-0.39, 0.29) is 11.6 Å². The highest BCUT2D eigenvalue weighted by Gasteiger charge is 2.45. The predicted octanol–water partition coefficient (Wildman–Crippen LogP) is 2.18. The van der Waals surface area contributed by atoms with Crippen LogP contribution in [-0.2, 0) is 23.1 Å². The zero-order valence-corrected chi connectivity index (χ0v) is 11.7. The Balaban J connectivity index is 1.71. The molecule has 2 aromatic rings. The molecule has 1 aliphatic carbocycles. The highest BCUT2D eigenvalue weighted by Crippen LogP contribution is 2.40. The molecule has 0 radical (unpaired) electrons. The quantitative estimate of drug-likeness (QED) is 0.915. The molecule has 1 spiro atoms. The van der Waals surface area contributed by atoms with Gasteiger partial charge in [0, 0.05) is 12.0 Å². The van der Waals surface area contributed by atoms with Crippen molar-refractivity contribution >= 4 is 6.09 Å². The van der Waals surface area contributed by atoms with Crippen LogP contribution in [0.5, 0.6) is 0 Å². The number of cyclic esters (lactones) is 1. The van der Waals surface area contributed by atoms with Gasteiger partial charge in [-0.2, -0.15) is 4.98 Å². The standard InChI is InChI=1S/C15H15N3O3/c1-2-12-16-13(18-21-12)10-3-4-11-9(7-10)5-6-15(11)8-20-14(19)17-15/h3-4,7H,2,5-6,8H2,1H3,(H,17,19)/t15-/m1/s1. The fourth-order valence-electron chi connectivity index (χ4n) is 3.14. The van der Waals surface area contributed by atoms with Crippen molar-refractivity contribution in [2.45, 2.75) is 31.7 Å². The van der Waals surface area contributed by atoms with Crippen molar-refractivity contribution in [3.05, 3.63) is 35.2 Å². The predicted molar refractivity (Wildman–Crippen MR) is 73.6 cm³/mol. The Morgan fingerprint density at radius 1 is 1.43 bits per heavy atom. The molecule has 4 rings (SSSR count). The minimum absolute atomic E-state index is 0.335. The summed E-state index contributed by atoms with van der Waals surface area (Å²) in [6.45, 7) is 2.38. The number of ether oxygens (including phenoxy) is 1. The van der Waals surface area contributed by atoms with E-state index < -0.39 is 0 Å². The fraction of sp³-hybridized carbons (Fsp3) is 0.400. The maximum absolute atomic E-state index is 11.4. The number of alkyl carbamates (subject to hydrolysis) is 1. The summed E-state index contributed by atoms with van der Waals surface area (Å²) in [6.07, 6.45) is 2.16. The van der Waals surface area contributed by atoms with E-state index in [1.807, 2.05) is 19.1 Å². The van der Waals surface area contributed by atoms with Crippen molar-refractivity contribution in [1.29, 1.82) is 0 Å². The number of carbonyl (C=O) groups is 1. The summed E-state index contributed by atoms with van der Waals surface area (Å²) in [5, 5.41) is 6.95. The van der Waals surface area contributed by atoms with Crippen molar-refractivity contribution in [1.82, 2.24) is 15.5 Å². The van der Waals surface area contributed by atoms with Crippen molar-refractivity contribution in [2.24, 2.45) is 0 Å². The molecule has 1 amide bonds. The number of fused-ring (bicyclic) bond motifs is 2. The molecule has 1 saturated heterocycles. The lowest BCUT2D eigenvalue weighted by atomic mass is 9.93. The number of aryl methyl sites for hydroxylation is 2. The van der Waals surface area contributed by atoms with E-state index in [4.69, 9.17) is 9.26 Å². The van der Waals surface area contributed by atoms with Gasteiger partial charge < -0.3 is 14.6 Å². The number of rotatable bonds is 2. The summed E-state index contributed by atoms with van der Waals surface area (Å²) < 4.78 is 10.2. The Morgan fingerprint density at radius 2 is 2.33 bits per heavy atom. The first-order chi connectivity index (χ1) is 10.2. The van der Waals surface area contributed by atoms with E-state index in [0.29, 0.717) is 18.3 Å². The third-order valence-electron chi connectivity index (χ3n) is 4.26. The first-order valence-corrected chi connectivity index (χ1v) is 7.11. The molecule has 6 heteroatoms. The van der Waals surface area contributed by atoms with E-state index in [2.05, 4.69) is 21.5 Å². The van der Waals surface area contributed by atoms with E-state index >= 15 is 0 Å². The molecule has 1 atom stereocenters. The maximum atomic E-state index is 11.4. The Bertz CT molecular complexity index is 725. The Morgan fingerprint density at radius 3 is 3.05 bits per heavy atom. The van der Waals surface area contributed by atoms with E-state index in [9.17, 15) is 4.79 Å². The van der Waals surface area contributed by atoms with Crippen molar-refractivity contribution < 1.29 is 14.1 Å². The molecule has 1 fully saturated rings. The Labute approximate surface area is 121 Å². The number of carbonyl (C=O) groups excluding carboxylic acids is 1. The number of aromatic nitrogens is 2. The molecule has 108 valence electrons. The summed E-state index contributed by atoms with van der Waals surface area (Å²) in [5.74, 6) is 1.25. The summed E-state index contributed by atoms with van der Waals surface area (Å²) in [7, 11) is 0. The number of hydrogen-bond acceptors (Lipinski definition) is 5. The van der Waals surface area contributed by atoms with Crippen LogP contribution in [-0.4, -0.2) is 22.8 Å². The summed E-state index contributed by atoms with van der Waals surface area (Å²) in [5.41, 5.74) is 2.94. The van der Waals surface area contributed by atoms with Gasteiger partial charge in [0.2, 0.25) is 11.7 Å². The molecule has 0 saturated carbocycles. The number of benzene rings is 1. The first kappa shape index (κ1) is 12.4. The average Bonchev–Trinajstić information content (AvgIpc) is 3.19. The van der Waals surface area contributed by atoms with Gasteiger partial charge in [-0.15, -0.1) is 0 Å². The Kier molecular flexibility index (Phi) is 2.54. The van der Waals surface area contributed by atoms with Gasteiger partial charge >= 0.3 is 6.09 Å². The summed E-state index contributed by atoms with van der Waals surface area (Å²) in [4.78, 5) is 15.7. The van der Waals surface area contributed by atoms with Crippen LogP contribution in [0.25, 0.3) is 11.4 Å². The minimum Gasteiger partial charge on any atom is -0.447 e. The lowest BCUT2D eigenvalue weighted by molar-refractivity contribution is 0.172. The topological polar surface area (TPSA) is 77.2 Å². The second-order valence-electron chi connectivity index (χ2n) is 5.52. The molecule has 1 aromatic carbocycles. The lowest BCUT2D eigenvalue weighted by Crippen LogP contribution is -2.38. The van der Waals surface area contributed by atoms with Crippen LogP contribution in [0.1, 0.15) is 30.4 Å². The second-order valence-corrected chi connectivity index (χ2v) is 5.52. The second kappa shape index (κ2) is 4.31. The number of nitrogens with zero attached hydrogens (tertiary/aromatic N) is 2. The van der Waals surface area contributed by atoms with Crippen LogP contribution in [0, 0.1) is 0 Å². The van der Waals surface area contributed by atoms with E-state index in [1.54, 1.807) is 0 Å². The van der Waals surface area contributed by atoms with E-state index in [1.165, 1.54) is 5.56 Å². The highest BCUT2D eigenvalue weighted by atomic mass is 16.6. The van der Waals surface area contributed by atoms with Gasteiger partial charge in [-0.1, -0.05) is 24.2 Å². The first-order valence-electron chi connectivity index (χ1n) is 7.11. The van der Waals surface area contributed by atoms with E-state index in [0.717, 1.165) is 30.4 Å². The summed E-state index contributed by atoms with van der Waals surface area (Å²) in [6, 6.07) is 6.09. The van der Waals surface area contributed by atoms with Gasteiger partial charge in [-0.3, -0.25) is 0 Å². The molecule has 2 heterocycles. The molecule has 1 N–H and O–H groups in total. The van der Waals surface area contributed by atoms with Gasteiger partial charge in [0.25, 0.3) is 0 Å². The number of nitrogens with one attached hydrogen (secondary N) is 1. The highest BCUT2D eigenvalue weighted by molar-refractivity contribution is 5.72. The van der Waals surface area contributed by atoms with Crippen molar-refractivity contribution in [2.75, 3.05) is 6.61 Å². The third kappa shape index (κ3) is 1.82. The normalized spacial score (nSPS) is 23.2. The van der Waals surface area contributed by atoms with Gasteiger partial charge in [0.15, 0.2) is 0 Å². The van der Waals surface area contributed by atoms with Crippen LogP contribution < -0.4 is 5.32 Å². The molecule has 21 heavy (non-hydrogen) atoms. The van der Waals surface area contributed by atoms with Crippen molar-refractivity contribution in [3.63, 3.8) is 0 Å². The van der Waals surface area contributed by atoms with Gasteiger partial charge in [0.1, 0.15) is 12.1 Å². The van der Waals surface area contributed by atoms with Crippen LogP contribution >= 0.6 is 0 Å². The monoisotopic (exact) mass is 285 g/mol. The van der Waals surface area contributed by atoms with Crippen LogP contribution in [0.15, 0.2) is 22.7 Å². The molecule has 6 nitrogen and oxygen atoms in total. The third-order valence-corrected chi connectivity index (χ3v) is 4.26. The molecule has 2 aliphatic rings. The molecule has 0 bridgehead atoms. The zero-order chi connectivity index (χ0) is 14.4. The Hall–Kier alpha value is -2.37. The fourth-order valence-corrected chi connectivity index (χ4v) is 3.14. The zero-order valence-electron chi connectivity index (χ0n) is 11.7. The number of amides is 1. The lowest BCUT2D eigenvalue weighted by Gasteiger charge is -2.21. The SMILES string of the molecule is CCc1nc(-c2ccc3c(c2)CC[C@@]32COC(=O)N2)no1. The smallest absolute Gasteiger partial charge is 0.408 e. The van der Waals surface area contributed by atoms with Gasteiger partial charge in [-0.05, 0) is 30.0 Å². The molecular weight excluding hydrogens is 270 g/mol. The number of hydrogen-bond donors (Lipinski definition) is 1. The van der Waals surface area contributed by atoms with Gasteiger partial charge in [0.05, 0.1) is 0 Å². The average molecular weight is 285 g/mol. The van der Waals surface area contributed by atoms with Crippen LogP contribution in [0.4, 0.5) is 4.79 Å². The van der Waals surface area contributed by atoms with Crippen molar-refractivity contribution in [3.8, 4) is 11.4 Å². The molecular formula is C15H15N3O3. The molecule has 1 aliphatic heterocycles. The van der Waals surface area contributed by atoms with Crippen LogP contribution in [0.2, 0.25) is 0 Å². The largest absolute Gasteiger partial charge is 0.447 e. The summed E-state index contributed by atoms with van der Waals surface area (Å²) >= 11 is 0. The molecule has 1 aromatic heterocycles. The minimum atomic E-state index is -0.350. The van der Waals surface area contributed by atoms with Crippen LogP contribution in [0.3, 0.4) is 0 Å². The van der Waals surface area contributed by atoms with Gasteiger partial charge in [-0.25, -0.2) is 4.79 Å². The molecule has 0 unspecified atom stereocenters. The maximum Gasteiger partial charge on any atom is 0.408 e.